The third-order valence-electron chi connectivity index (χ3n) is 2.31. The Hall–Kier alpha value is -1.02. The second-order valence-corrected chi connectivity index (χ2v) is 5.15. The lowest BCUT2D eigenvalue weighted by molar-refractivity contribution is -0.128. The number of amides is 1. The molecule has 0 aliphatic rings. The number of hydrogen-bond donors (Lipinski definition) is 1. The van der Waals surface area contributed by atoms with E-state index in [0.717, 1.165) is 11.1 Å². The van der Waals surface area contributed by atoms with Gasteiger partial charge in [0.15, 0.2) is 0 Å². The first-order chi connectivity index (χ1) is 7.43. The molecule has 0 spiro atoms. The van der Waals surface area contributed by atoms with Crippen molar-refractivity contribution in [2.24, 2.45) is 5.41 Å². The zero-order valence-electron chi connectivity index (χ0n) is 10.0. The minimum Gasteiger partial charge on any atom is -0.352 e. The van der Waals surface area contributed by atoms with Crippen molar-refractivity contribution < 1.29 is 4.79 Å². The highest BCUT2D eigenvalue weighted by Gasteiger charge is 2.20. The first-order valence-corrected chi connectivity index (χ1v) is 5.89. The van der Waals surface area contributed by atoms with E-state index in [1.54, 1.807) is 0 Å². The number of hydrogen-bond acceptors (Lipinski definition) is 1. The Bertz CT molecular complexity index is 351. The summed E-state index contributed by atoms with van der Waals surface area (Å²) in [5, 5.41) is 2.90. The predicted octanol–water partition coefficient (Wildman–Crippen LogP) is 3.09. The fraction of sp³-hybridized carbons (Fsp3) is 0.462. The van der Waals surface area contributed by atoms with Crippen molar-refractivity contribution in [2.45, 2.75) is 33.2 Å². The van der Waals surface area contributed by atoms with Gasteiger partial charge in [-0.25, -0.2) is 0 Å². The highest BCUT2D eigenvalue weighted by molar-refractivity contribution is 6.17. The molecule has 0 unspecified atom stereocenters. The van der Waals surface area contributed by atoms with Crippen LogP contribution in [0.2, 0.25) is 0 Å². The van der Waals surface area contributed by atoms with Crippen LogP contribution in [0.15, 0.2) is 24.3 Å². The molecule has 0 saturated heterocycles. The van der Waals surface area contributed by atoms with Gasteiger partial charge in [0, 0.05) is 17.8 Å². The van der Waals surface area contributed by atoms with Crippen molar-refractivity contribution in [1.29, 1.82) is 0 Å². The Morgan fingerprint density at radius 3 is 2.12 bits per heavy atom. The van der Waals surface area contributed by atoms with E-state index in [1.165, 1.54) is 0 Å². The van der Waals surface area contributed by atoms with Crippen molar-refractivity contribution in [3.63, 3.8) is 0 Å². The van der Waals surface area contributed by atoms with Crippen LogP contribution in [0, 0.1) is 5.41 Å². The molecule has 88 valence electrons. The standard InChI is InChI=1S/C13H18ClNO/c1-13(2,3)12(16)15-9-11-6-4-10(8-14)5-7-11/h4-7H,8-9H2,1-3H3,(H,15,16). The van der Waals surface area contributed by atoms with Crippen molar-refractivity contribution >= 4 is 17.5 Å². The Labute approximate surface area is 102 Å². The molecule has 0 fully saturated rings. The molecule has 1 amide bonds. The summed E-state index contributed by atoms with van der Waals surface area (Å²) < 4.78 is 0. The predicted molar refractivity (Wildman–Crippen MR) is 67.3 cm³/mol. The number of halogens is 1. The summed E-state index contributed by atoms with van der Waals surface area (Å²) >= 11 is 5.70. The number of carbonyl (C=O) groups excluding carboxylic acids is 1. The van der Waals surface area contributed by atoms with Crippen LogP contribution in [0.1, 0.15) is 31.9 Å². The van der Waals surface area contributed by atoms with Gasteiger partial charge in [-0.05, 0) is 11.1 Å². The molecule has 1 aromatic carbocycles. The lowest BCUT2D eigenvalue weighted by Crippen LogP contribution is -2.34. The van der Waals surface area contributed by atoms with E-state index >= 15 is 0 Å². The molecule has 0 saturated carbocycles. The Morgan fingerprint density at radius 1 is 1.19 bits per heavy atom. The average molecular weight is 240 g/mol. The maximum absolute atomic E-state index is 11.6. The van der Waals surface area contributed by atoms with Gasteiger partial charge in [0.1, 0.15) is 0 Å². The van der Waals surface area contributed by atoms with Gasteiger partial charge in [0.25, 0.3) is 0 Å². The highest BCUT2D eigenvalue weighted by atomic mass is 35.5. The smallest absolute Gasteiger partial charge is 0.225 e. The van der Waals surface area contributed by atoms with Crippen molar-refractivity contribution in [3.8, 4) is 0 Å². The van der Waals surface area contributed by atoms with Crippen LogP contribution >= 0.6 is 11.6 Å². The summed E-state index contributed by atoms with van der Waals surface area (Å²) in [7, 11) is 0. The van der Waals surface area contributed by atoms with E-state index in [1.807, 2.05) is 45.0 Å². The van der Waals surface area contributed by atoms with E-state index in [-0.39, 0.29) is 11.3 Å². The number of rotatable bonds is 3. The zero-order valence-corrected chi connectivity index (χ0v) is 10.8. The molecule has 0 heterocycles. The van der Waals surface area contributed by atoms with Gasteiger partial charge in [-0.15, -0.1) is 11.6 Å². The van der Waals surface area contributed by atoms with E-state index in [0.29, 0.717) is 12.4 Å². The summed E-state index contributed by atoms with van der Waals surface area (Å²) in [6.45, 7) is 6.27. The van der Waals surface area contributed by atoms with Crippen LogP contribution in [-0.4, -0.2) is 5.91 Å². The minimum absolute atomic E-state index is 0.0638. The molecule has 16 heavy (non-hydrogen) atoms. The van der Waals surface area contributed by atoms with Gasteiger partial charge in [-0.3, -0.25) is 4.79 Å². The molecule has 3 heteroatoms. The van der Waals surface area contributed by atoms with Gasteiger partial charge in [0.2, 0.25) is 5.91 Å². The van der Waals surface area contributed by atoms with Gasteiger partial charge < -0.3 is 5.32 Å². The highest BCUT2D eigenvalue weighted by Crippen LogP contribution is 2.13. The summed E-state index contributed by atoms with van der Waals surface area (Å²) in [5.41, 5.74) is 1.84. The largest absolute Gasteiger partial charge is 0.352 e. The third-order valence-corrected chi connectivity index (χ3v) is 2.62. The first kappa shape index (κ1) is 13.0. The lowest BCUT2D eigenvalue weighted by Gasteiger charge is -2.17. The van der Waals surface area contributed by atoms with Crippen LogP contribution in [-0.2, 0) is 17.2 Å². The summed E-state index contributed by atoms with van der Waals surface area (Å²) in [5.74, 6) is 0.586. The van der Waals surface area contributed by atoms with Crippen LogP contribution in [0.5, 0.6) is 0 Å². The fourth-order valence-corrected chi connectivity index (χ4v) is 1.37. The molecule has 0 radical (unpaired) electrons. The first-order valence-electron chi connectivity index (χ1n) is 5.35. The number of benzene rings is 1. The summed E-state index contributed by atoms with van der Waals surface area (Å²) in [4.78, 5) is 11.6. The van der Waals surface area contributed by atoms with Gasteiger partial charge in [-0.1, -0.05) is 45.0 Å². The molecule has 1 aromatic rings. The minimum atomic E-state index is -0.337. The van der Waals surface area contributed by atoms with Crippen molar-refractivity contribution in [3.05, 3.63) is 35.4 Å². The summed E-state index contributed by atoms with van der Waals surface area (Å²) in [6.07, 6.45) is 0. The quantitative estimate of drug-likeness (QED) is 0.807. The Balaban J connectivity index is 2.52. The number of nitrogens with one attached hydrogen (secondary N) is 1. The topological polar surface area (TPSA) is 29.1 Å². The van der Waals surface area contributed by atoms with Gasteiger partial charge in [0.05, 0.1) is 0 Å². The maximum atomic E-state index is 11.6. The Kier molecular flexibility index (Phi) is 4.36. The molecule has 0 aromatic heterocycles. The normalized spacial score (nSPS) is 11.2. The molecule has 0 atom stereocenters. The van der Waals surface area contributed by atoms with E-state index < -0.39 is 0 Å². The van der Waals surface area contributed by atoms with Gasteiger partial charge in [-0.2, -0.15) is 0 Å². The zero-order chi connectivity index (χ0) is 12.2. The van der Waals surface area contributed by atoms with Crippen LogP contribution < -0.4 is 5.32 Å². The molecule has 1 N–H and O–H groups in total. The van der Waals surface area contributed by atoms with Crippen molar-refractivity contribution in [1.82, 2.24) is 5.32 Å². The molecule has 1 rings (SSSR count). The third kappa shape index (κ3) is 3.86. The van der Waals surface area contributed by atoms with E-state index in [9.17, 15) is 4.79 Å². The molecule has 0 bridgehead atoms. The number of alkyl halides is 1. The van der Waals surface area contributed by atoms with Crippen molar-refractivity contribution in [2.75, 3.05) is 0 Å². The van der Waals surface area contributed by atoms with Crippen LogP contribution in [0.25, 0.3) is 0 Å². The number of carbonyl (C=O) groups is 1. The molecular formula is C13H18ClNO. The maximum Gasteiger partial charge on any atom is 0.225 e. The van der Waals surface area contributed by atoms with Gasteiger partial charge >= 0.3 is 0 Å². The second-order valence-electron chi connectivity index (χ2n) is 4.88. The lowest BCUT2D eigenvalue weighted by atomic mass is 9.95. The molecular weight excluding hydrogens is 222 g/mol. The van der Waals surface area contributed by atoms with E-state index in [4.69, 9.17) is 11.6 Å². The molecule has 0 aliphatic carbocycles. The van der Waals surface area contributed by atoms with E-state index in [2.05, 4.69) is 5.32 Å². The van der Waals surface area contributed by atoms with Crippen LogP contribution in [0.3, 0.4) is 0 Å². The monoisotopic (exact) mass is 239 g/mol. The molecule has 0 aliphatic heterocycles. The SMILES string of the molecule is CC(C)(C)C(=O)NCc1ccc(CCl)cc1. The average Bonchev–Trinajstić information content (AvgIpc) is 2.25. The second kappa shape index (κ2) is 5.35. The Morgan fingerprint density at radius 2 is 1.69 bits per heavy atom. The summed E-state index contributed by atoms with van der Waals surface area (Å²) in [6, 6.07) is 7.93. The molecule has 2 nitrogen and oxygen atoms in total. The fourth-order valence-electron chi connectivity index (χ4n) is 1.19. The van der Waals surface area contributed by atoms with Crippen LogP contribution in [0.4, 0.5) is 0 Å².